The number of alkyl halides is 3. The molecule has 0 saturated carbocycles. The number of H-pyrrole nitrogens is 1. The van der Waals surface area contributed by atoms with Crippen LogP contribution in [0.5, 0.6) is 0 Å². The molecule has 170 valence electrons. The minimum absolute atomic E-state index is 0.0664. The molecule has 0 unspecified atom stereocenters. The normalized spacial score (nSPS) is 11.8. The number of aromatic nitrogens is 1. The van der Waals surface area contributed by atoms with Crippen molar-refractivity contribution in [3.8, 4) is 0 Å². The molecule has 4 nitrogen and oxygen atoms in total. The van der Waals surface area contributed by atoms with Gasteiger partial charge >= 0.3 is 6.18 Å². The van der Waals surface area contributed by atoms with E-state index in [-0.39, 0.29) is 18.7 Å². The van der Waals surface area contributed by atoms with Crippen LogP contribution in [-0.2, 0) is 19.3 Å². The Kier molecular flexibility index (Phi) is 6.44. The van der Waals surface area contributed by atoms with Crippen LogP contribution < -0.4 is 11.1 Å². The smallest absolute Gasteiger partial charge is 0.364 e. The number of carbonyl (C=O) groups is 1. The number of fused-ring (bicyclic) bond motifs is 1. The molecule has 0 aliphatic rings. The van der Waals surface area contributed by atoms with Crippen molar-refractivity contribution < 1.29 is 22.4 Å². The fourth-order valence-corrected chi connectivity index (χ4v) is 4.56. The number of carbonyl (C=O) groups excluding carboxylic acids is 1. The first-order valence-corrected chi connectivity index (χ1v) is 10.8. The summed E-state index contributed by atoms with van der Waals surface area (Å²) in [7, 11) is 0. The maximum Gasteiger partial charge on any atom is 0.419 e. The molecule has 1 amide bonds. The quantitative estimate of drug-likeness (QED) is 0.294. The number of nitrogens with one attached hydrogen (secondary N) is 2. The van der Waals surface area contributed by atoms with E-state index in [2.05, 4.69) is 10.3 Å². The van der Waals surface area contributed by atoms with E-state index in [0.717, 1.165) is 21.9 Å². The number of amides is 1. The average molecular weight is 473 g/mol. The number of benzene rings is 3. The van der Waals surface area contributed by atoms with Crippen molar-refractivity contribution in [3.63, 3.8) is 0 Å². The third kappa shape index (κ3) is 5.04. The first-order valence-electron chi connectivity index (χ1n) is 9.96. The highest BCUT2D eigenvalue weighted by Crippen LogP contribution is 2.37. The van der Waals surface area contributed by atoms with E-state index in [1.807, 2.05) is 48.5 Å². The van der Waals surface area contributed by atoms with Gasteiger partial charge in [-0.05, 0) is 29.8 Å². The second-order valence-electron chi connectivity index (χ2n) is 7.37. The van der Waals surface area contributed by atoms with Gasteiger partial charge in [0.1, 0.15) is 11.5 Å². The maximum atomic E-state index is 14.2. The van der Waals surface area contributed by atoms with Gasteiger partial charge in [-0.25, -0.2) is 4.39 Å². The second kappa shape index (κ2) is 9.29. The first kappa shape index (κ1) is 22.9. The van der Waals surface area contributed by atoms with Crippen LogP contribution in [0.15, 0.2) is 76.5 Å². The van der Waals surface area contributed by atoms with E-state index in [9.17, 15) is 22.4 Å². The van der Waals surface area contributed by atoms with Crippen LogP contribution in [0.4, 0.5) is 17.6 Å². The van der Waals surface area contributed by atoms with Crippen LogP contribution in [0, 0.1) is 5.82 Å². The minimum atomic E-state index is -4.74. The topological polar surface area (TPSA) is 70.9 Å². The summed E-state index contributed by atoms with van der Waals surface area (Å²) in [6.07, 6.45) is -4.74. The van der Waals surface area contributed by atoms with Crippen molar-refractivity contribution in [2.45, 2.75) is 29.1 Å². The number of nitrogens with two attached hydrogens (primary N) is 1. The molecule has 4 N–H and O–H groups in total. The lowest BCUT2D eigenvalue weighted by Crippen LogP contribution is -2.16. The SMILES string of the molecule is NC(=O)c1[nH]c2cc(CNCc3cccc(C(F)(F)F)c3F)ccc2c1Sc1ccccc1. The van der Waals surface area contributed by atoms with E-state index in [0.29, 0.717) is 16.1 Å². The lowest BCUT2D eigenvalue weighted by atomic mass is 10.1. The molecule has 33 heavy (non-hydrogen) atoms. The molecule has 1 heterocycles. The summed E-state index contributed by atoms with van der Waals surface area (Å²) in [5.74, 6) is -1.85. The third-order valence-corrected chi connectivity index (χ3v) is 6.19. The van der Waals surface area contributed by atoms with Crippen LogP contribution in [0.1, 0.15) is 27.2 Å². The third-order valence-electron chi connectivity index (χ3n) is 5.05. The molecule has 0 aliphatic heterocycles. The summed E-state index contributed by atoms with van der Waals surface area (Å²) < 4.78 is 52.9. The Morgan fingerprint density at radius 3 is 2.45 bits per heavy atom. The number of hydrogen-bond donors (Lipinski definition) is 3. The number of primary amides is 1. The van der Waals surface area contributed by atoms with Gasteiger partial charge in [0.15, 0.2) is 0 Å². The summed E-state index contributed by atoms with van der Waals surface area (Å²) >= 11 is 1.42. The van der Waals surface area contributed by atoms with E-state index in [1.165, 1.54) is 23.9 Å². The van der Waals surface area contributed by atoms with Crippen LogP contribution in [0.2, 0.25) is 0 Å². The van der Waals surface area contributed by atoms with Crippen LogP contribution in [0.25, 0.3) is 10.9 Å². The highest BCUT2D eigenvalue weighted by Gasteiger charge is 2.34. The van der Waals surface area contributed by atoms with Gasteiger partial charge in [-0.3, -0.25) is 4.79 Å². The summed E-state index contributed by atoms with van der Waals surface area (Å²) in [4.78, 5) is 16.7. The highest BCUT2D eigenvalue weighted by molar-refractivity contribution is 7.99. The van der Waals surface area contributed by atoms with E-state index >= 15 is 0 Å². The van der Waals surface area contributed by atoms with Crippen LogP contribution in [0.3, 0.4) is 0 Å². The molecular formula is C24H19F4N3OS. The lowest BCUT2D eigenvalue weighted by Gasteiger charge is -2.12. The standard InChI is InChI=1S/C24H19F4N3OS/c25-20-15(5-4-8-18(20)24(26,27)28)13-30-12-14-9-10-17-19(11-14)31-21(23(29)32)22(17)33-16-6-2-1-3-7-16/h1-11,30-31H,12-13H2,(H2,29,32). The Labute approximate surface area is 191 Å². The lowest BCUT2D eigenvalue weighted by molar-refractivity contribution is -0.140. The van der Waals surface area contributed by atoms with Crippen molar-refractivity contribution in [3.05, 3.63) is 94.9 Å². The van der Waals surface area contributed by atoms with Gasteiger partial charge in [-0.15, -0.1) is 0 Å². The average Bonchev–Trinajstić information content (AvgIpc) is 3.13. The summed E-state index contributed by atoms with van der Waals surface area (Å²) in [5.41, 5.74) is 6.02. The summed E-state index contributed by atoms with van der Waals surface area (Å²) in [6, 6.07) is 18.3. The zero-order chi connectivity index (χ0) is 23.6. The van der Waals surface area contributed by atoms with Crippen molar-refractivity contribution >= 4 is 28.6 Å². The number of hydrogen-bond acceptors (Lipinski definition) is 3. The fraction of sp³-hybridized carbons (Fsp3) is 0.125. The molecule has 4 rings (SSSR count). The zero-order valence-corrected chi connectivity index (χ0v) is 18.0. The van der Waals surface area contributed by atoms with Crippen LogP contribution >= 0.6 is 11.8 Å². The van der Waals surface area contributed by atoms with E-state index < -0.39 is 23.5 Å². The molecule has 0 fully saturated rings. The van der Waals surface area contributed by atoms with Gasteiger partial charge in [-0.2, -0.15) is 13.2 Å². The van der Waals surface area contributed by atoms with Crippen molar-refractivity contribution in [2.75, 3.05) is 0 Å². The number of rotatable bonds is 7. The van der Waals surface area contributed by atoms with E-state index in [1.54, 1.807) is 0 Å². The maximum absolute atomic E-state index is 14.2. The van der Waals surface area contributed by atoms with Crippen molar-refractivity contribution in [1.82, 2.24) is 10.3 Å². The molecule has 0 bridgehead atoms. The molecule has 3 aromatic carbocycles. The van der Waals surface area contributed by atoms with Gasteiger partial charge < -0.3 is 16.0 Å². The Morgan fingerprint density at radius 1 is 1.00 bits per heavy atom. The van der Waals surface area contributed by atoms with Crippen molar-refractivity contribution in [1.29, 1.82) is 0 Å². The highest BCUT2D eigenvalue weighted by atomic mass is 32.2. The first-order chi connectivity index (χ1) is 15.7. The Balaban J connectivity index is 1.53. The molecule has 0 spiro atoms. The molecule has 9 heteroatoms. The van der Waals surface area contributed by atoms with Gasteiger partial charge in [0.2, 0.25) is 0 Å². The zero-order valence-electron chi connectivity index (χ0n) is 17.2. The summed E-state index contributed by atoms with van der Waals surface area (Å²) in [6.45, 7) is 0.220. The van der Waals surface area contributed by atoms with Gasteiger partial charge in [0, 0.05) is 34.5 Å². The second-order valence-corrected chi connectivity index (χ2v) is 8.45. The predicted octanol–water partition coefficient (Wildman–Crippen LogP) is 5.87. The Hall–Kier alpha value is -3.30. The minimum Gasteiger partial charge on any atom is -0.364 e. The molecule has 0 atom stereocenters. The van der Waals surface area contributed by atoms with Crippen LogP contribution in [-0.4, -0.2) is 10.9 Å². The van der Waals surface area contributed by atoms with Gasteiger partial charge in [0.25, 0.3) is 5.91 Å². The Morgan fingerprint density at radius 2 is 1.76 bits per heavy atom. The largest absolute Gasteiger partial charge is 0.419 e. The molecule has 1 aromatic heterocycles. The number of aromatic amines is 1. The molecular weight excluding hydrogens is 454 g/mol. The number of halogens is 4. The molecule has 0 radical (unpaired) electrons. The van der Waals surface area contributed by atoms with Gasteiger partial charge in [-0.1, -0.05) is 54.2 Å². The molecule has 0 aliphatic carbocycles. The fourth-order valence-electron chi connectivity index (χ4n) is 3.49. The van der Waals surface area contributed by atoms with Gasteiger partial charge in [0.05, 0.1) is 10.5 Å². The monoisotopic (exact) mass is 473 g/mol. The Bertz CT molecular complexity index is 1300. The molecule has 4 aromatic rings. The molecule has 0 saturated heterocycles. The predicted molar refractivity (Wildman–Crippen MR) is 119 cm³/mol. The summed E-state index contributed by atoms with van der Waals surface area (Å²) in [5, 5.41) is 3.79. The van der Waals surface area contributed by atoms with E-state index in [4.69, 9.17) is 5.73 Å². The van der Waals surface area contributed by atoms with Crippen molar-refractivity contribution in [2.24, 2.45) is 5.73 Å².